The minimum Gasteiger partial charge on any atom is -0.462 e. The Bertz CT molecular complexity index is 1180. The predicted molar refractivity (Wildman–Crippen MR) is 264 cm³/mol. The van der Waals surface area contributed by atoms with E-state index in [4.69, 9.17) is 4.74 Å². The van der Waals surface area contributed by atoms with Crippen LogP contribution in [0.3, 0.4) is 0 Å². The second-order valence-corrected chi connectivity index (χ2v) is 16.9. The van der Waals surface area contributed by atoms with E-state index in [0.717, 1.165) is 96.3 Å². The number of rotatable bonds is 44. The summed E-state index contributed by atoms with van der Waals surface area (Å²) in [6, 6.07) is -0.723. The van der Waals surface area contributed by atoms with Gasteiger partial charge in [0.15, 0.2) is 0 Å². The average Bonchev–Trinajstić information content (AvgIpc) is 3.25. The van der Waals surface area contributed by atoms with Gasteiger partial charge in [-0.25, -0.2) is 0 Å². The van der Waals surface area contributed by atoms with Gasteiger partial charge in [0.2, 0.25) is 5.91 Å². The van der Waals surface area contributed by atoms with Gasteiger partial charge in [0.1, 0.15) is 6.10 Å². The van der Waals surface area contributed by atoms with E-state index in [1.807, 2.05) is 12.2 Å². The number of hydrogen-bond donors (Lipinski definition) is 3. The zero-order valence-corrected chi connectivity index (χ0v) is 39.8. The maximum Gasteiger partial charge on any atom is 0.306 e. The van der Waals surface area contributed by atoms with Crippen molar-refractivity contribution in [2.75, 3.05) is 6.61 Å². The lowest BCUT2D eigenvalue weighted by Crippen LogP contribution is -2.46. The highest BCUT2D eigenvalue weighted by Crippen LogP contribution is 2.17. The summed E-state index contributed by atoms with van der Waals surface area (Å²) in [5.74, 6) is -0.551. The average molecular weight is 850 g/mol. The Morgan fingerprint density at radius 2 is 0.951 bits per heavy atom. The van der Waals surface area contributed by atoms with Crippen molar-refractivity contribution >= 4 is 11.9 Å². The zero-order valence-electron chi connectivity index (χ0n) is 39.8. The van der Waals surface area contributed by atoms with E-state index in [0.29, 0.717) is 19.3 Å². The molecule has 0 bridgehead atoms. The smallest absolute Gasteiger partial charge is 0.306 e. The molecule has 0 saturated heterocycles. The highest BCUT2D eigenvalue weighted by molar-refractivity contribution is 5.77. The molecule has 0 spiro atoms. The molecule has 0 aromatic heterocycles. The Kier molecular flexibility index (Phi) is 45.7. The first-order valence-corrected chi connectivity index (χ1v) is 25.3. The van der Waals surface area contributed by atoms with Gasteiger partial charge in [0.05, 0.1) is 25.2 Å². The van der Waals surface area contributed by atoms with Crippen molar-refractivity contribution in [1.29, 1.82) is 0 Å². The van der Waals surface area contributed by atoms with Gasteiger partial charge in [0.25, 0.3) is 0 Å². The molecule has 1 amide bonds. The van der Waals surface area contributed by atoms with Gasteiger partial charge in [-0.3, -0.25) is 9.59 Å². The molecular weight excluding hydrogens is 755 g/mol. The Morgan fingerprint density at radius 3 is 1.51 bits per heavy atom. The molecule has 0 heterocycles. The van der Waals surface area contributed by atoms with E-state index in [2.05, 4.69) is 99.0 Å². The van der Waals surface area contributed by atoms with Crippen LogP contribution in [-0.2, 0) is 14.3 Å². The van der Waals surface area contributed by atoms with Crippen LogP contribution >= 0.6 is 0 Å². The van der Waals surface area contributed by atoms with Gasteiger partial charge in [-0.05, 0) is 89.9 Å². The molecule has 3 atom stereocenters. The number of hydrogen-bond acceptors (Lipinski definition) is 5. The van der Waals surface area contributed by atoms with Crippen LogP contribution in [0.25, 0.3) is 0 Å². The molecule has 0 aromatic rings. The number of aliphatic hydroxyl groups excluding tert-OH is 2. The number of nitrogens with one attached hydrogen (secondary N) is 1. The largest absolute Gasteiger partial charge is 0.462 e. The van der Waals surface area contributed by atoms with Crippen LogP contribution in [0, 0.1) is 0 Å². The van der Waals surface area contributed by atoms with Crippen LogP contribution in [0.5, 0.6) is 0 Å². The molecule has 350 valence electrons. The molecule has 0 rings (SSSR count). The van der Waals surface area contributed by atoms with Crippen molar-refractivity contribution in [3.63, 3.8) is 0 Å². The standard InChI is InChI=1S/C55H95NO5/c1-4-7-10-13-16-19-22-24-25-26-27-28-29-30-33-36-39-42-45-48-55(60)61-51(46-43-40-37-34-31-21-18-15-12-9-6-3)49-54(59)56-52(50-57)53(58)47-44-41-38-35-32-23-20-17-14-11-8-5-2/h9,12,15-16,18-19,21,24-25,27-28,30-31,33,51-53,57-58H,4-8,10-11,13-14,17,20,22-23,26,29,32,34-50H2,1-3H3,(H,56,59)/b12-9+,18-15+,19-16-,25-24-,28-27-,31-21-,33-30-. The predicted octanol–water partition coefficient (Wildman–Crippen LogP) is 15.2. The molecule has 6 nitrogen and oxygen atoms in total. The number of allylic oxidation sites excluding steroid dienone is 14. The van der Waals surface area contributed by atoms with Crippen molar-refractivity contribution in [2.24, 2.45) is 0 Å². The summed E-state index contributed by atoms with van der Waals surface area (Å²) in [6.45, 7) is 6.29. The van der Waals surface area contributed by atoms with Crippen LogP contribution in [0.1, 0.15) is 226 Å². The number of carbonyl (C=O) groups excluding carboxylic acids is 2. The van der Waals surface area contributed by atoms with Crippen LogP contribution in [0.15, 0.2) is 85.1 Å². The van der Waals surface area contributed by atoms with Crippen molar-refractivity contribution in [2.45, 2.75) is 244 Å². The summed E-state index contributed by atoms with van der Waals surface area (Å²) < 4.78 is 5.89. The van der Waals surface area contributed by atoms with Gasteiger partial charge >= 0.3 is 5.97 Å². The minimum absolute atomic E-state index is 0.0373. The second-order valence-electron chi connectivity index (χ2n) is 16.9. The summed E-state index contributed by atoms with van der Waals surface area (Å²) in [5.41, 5.74) is 0. The fourth-order valence-electron chi connectivity index (χ4n) is 7.18. The van der Waals surface area contributed by atoms with E-state index in [-0.39, 0.29) is 24.9 Å². The summed E-state index contributed by atoms with van der Waals surface area (Å²) in [4.78, 5) is 26.1. The number of amides is 1. The summed E-state index contributed by atoms with van der Waals surface area (Å²) >= 11 is 0. The van der Waals surface area contributed by atoms with E-state index in [1.54, 1.807) is 0 Å². The monoisotopic (exact) mass is 850 g/mol. The molecule has 0 fully saturated rings. The third-order valence-corrected chi connectivity index (χ3v) is 11.0. The van der Waals surface area contributed by atoms with Gasteiger partial charge < -0.3 is 20.3 Å². The lowest BCUT2D eigenvalue weighted by Gasteiger charge is -2.24. The van der Waals surface area contributed by atoms with Crippen molar-refractivity contribution < 1.29 is 24.5 Å². The molecule has 0 aromatic carbocycles. The minimum atomic E-state index is -0.806. The maximum absolute atomic E-state index is 13.2. The molecule has 61 heavy (non-hydrogen) atoms. The zero-order chi connectivity index (χ0) is 44.5. The molecule has 0 aliphatic heterocycles. The Morgan fingerprint density at radius 1 is 0.508 bits per heavy atom. The van der Waals surface area contributed by atoms with Gasteiger partial charge in [-0.15, -0.1) is 0 Å². The van der Waals surface area contributed by atoms with Crippen molar-refractivity contribution in [3.8, 4) is 0 Å². The fraction of sp³-hybridized carbons (Fsp3) is 0.709. The highest BCUT2D eigenvalue weighted by Gasteiger charge is 2.24. The number of esters is 1. The van der Waals surface area contributed by atoms with Crippen LogP contribution < -0.4 is 5.32 Å². The molecule has 3 N–H and O–H groups in total. The van der Waals surface area contributed by atoms with Gasteiger partial charge in [-0.2, -0.15) is 0 Å². The maximum atomic E-state index is 13.2. The molecule has 0 aliphatic carbocycles. The summed E-state index contributed by atoms with van der Waals surface area (Å²) in [5, 5.41) is 23.7. The van der Waals surface area contributed by atoms with E-state index in [1.165, 1.54) is 83.5 Å². The van der Waals surface area contributed by atoms with Crippen molar-refractivity contribution in [1.82, 2.24) is 5.32 Å². The molecule has 0 aliphatic rings. The second kappa shape index (κ2) is 48.1. The summed E-state index contributed by atoms with van der Waals surface area (Å²) in [7, 11) is 0. The van der Waals surface area contributed by atoms with Crippen LogP contribution in [0.2, 0.25) is 0 Å². The van der Waals surface area contributed by atoms with E-state index >= 15 is 0 Å². The Balaban J connectivity index is 4.63. The molecule has 0 saturated carbocycles. The third kappa shape index (κ3) is 43.5. The number of ether oxygens (including phenoxy) is 1. The fourth-order valence-corrected chi connectivity index (χ4v) is 7.18. The van der Waals surface area contributed by atoms with E-state index in [9.17, 15) is 19.8 Å². The lowest BCUT2D eigenvalue weighted by molar-refractivity contribution is -0.151. The first-order valence-electron chi connectivity index (χ1n) is 25.3. The lowest BCUT2D eigenvalue weighted by atomic mass is 10.0. The van der Waals surface area contributed by atoms with Crippen LogP contribution in [-0.4, -0.2) is 46.9 Å². The first-order chi connectivity index (χ1) is 30.0. The van der Waals surface area contributed by atoms with Crippen LogP contribution in [0.4, 0.5) is 0 Å². The Labute approximate surface area is 376 Å². The van der Waals surface area contributed by atoms with Gasteiger partial charge in [0, 0.05) is 6.42 Å². The quantitative estimate of drug-likeness (QED) is 0.0246. The first kappa shape index (κ1) is 58.0. The number of unbranched alkanes of at least 4 members (excludes halogenated alkanes) is 20. The van der Waals surface area contributed by atoms with Gasteiger partial charge in [-0.1, -0.05) is 209 Å². The third-order valence-electron chi connectivity index (χ3n) is 11.0. The molecule has 6 heteroatoms. The highest BCUT2D eigenvalue weighted by atomic mass is 16.5. The molecular formula is C55H95NO5. The topological polar surface area (TPSA) is 95.9 Å². The normalized spacial score (nSPS) is 14.0. The SMILES string of the molecule is CC/C=C/C=C/C=C\CCCCCC(CC(=O)NC(CO)C(O)CCCCCCCCCCCCCC)OC(=O)CCCCC/C=C\C/C=C\C/C=C\C/C=C\CCCCC. The Hall–Kier alpha value is -2.96. The molecule has 3 unspecified atom stereocenters. The number of carbonyl (C=O) groups is 2. The van der Waals surface area contributed by atoms with E-state index < -0.39 is 18.2 Å². The number of aliphatic hydroxyl groups is 2. The summed E-state index contributed by atoms with van der Waals surface area (Å²) in [6.07, 6.45) is 62.2. The molecule has 0 radical (unpaired) electrons. The van der Waals surface area contributed by atoms with Crippen molar-refractivity contribution in [3.05, 3.63) is 85.1 Å².